The van der Waals surface area contributed by atoms with Crippen molar-refractivity contribution in [3.05, 3.63) is 46.2 Å². The molecule has 6 heteroatoms. The van der Waals surface area contributed by atoms with E-state index in [1.165, 1.54) is 11.3 Å². The molecule has 1 N–H and O–H groups in total. The molecule has 0 spiro atoms. The Kier molecular flexibility index (Phi) is 3.33. The van der Waals surface area contributed by atoms with Crippen LogP contribution in [0.15, 0.2) is 23.0 Å². The minimum absolute atomic E-state index is 0.182. The minimum atomic E-state index is -1.46. The van der Waals surface area contributed by atoms with Crippen molar-refractivity contribution in [2.75, 3.05) is 5.32 Å². The Hall–Kier alpha value is -1.56. The number of nitrogens with one attached hydrogen (secondary N) is 1. The topological polar surface area (TPSA) is 24.9 Å². The van der Waals surface area contributed by atoms with E-state index in [4.69, 9.17) is 0 Å². The highest BCUT2D eigenvalue weighted by molar-refractivity contribution is 7.07. The third-order valence-corrected chi connectivity index (χ3v) is 2.87. The van der Waals surface area contributed by atoms with Crippen molar-refractivity contribution in [2.45, 2.75) is 13.0 Å². The maximum atomic E-state index is 13.0. The molecule has 2 aromatic rings. The lowest BCUT2D eigenvalue weighted by atomic mass is 10.2. The zero-order valence-electron chi connectivity index (χ0n) is 8.88. The third-order valence-electron chi connectivity index (χ3n) is 2.26. The van der Waals surface area contributed by atoms with E-state index < -0.39 is 17.5 Å². The highest BCUT2D eigenvalue weighted by atomic mass is 32.1. The number of benzene rings is 1. The first kappa shape index (κ1) is 11.9. The molecule has 2 nitrogen and oxygen atoms in total. The number of hydrogen-bond acceptors (Lipinski definition) is 3. The van der Waals surface area contributed by atoms with Gasteiger partial charge in [0.1, 0.15) is 0 Å². The Morgan fingerprint density at radius 2 is 1.88 bits per heavy atom. The fourth-order valence-corrected chi connectivity index (χ4v) is 2.05. The molecule has 0 fully saturated rings. The highest BCUT2D eigenvalue weighted by Gasteiger charge is 2.13. The molecule has 0 amide bonds. The summed E-state index contributed by atoms with van der Waals surface area (Å²) in [5.74, 6) is -3.88. The Labute approximate surface area is 100 Å². The van der Waals surface area contributed by atoms with Crippen molar-refractivity contribution in [3.8, 4) is 0 Å². The molecule has 1 aromatic carbocycles. The van der Waals surface area contributed by atoms with Crippen LogP contribution in [0.25, 0.3) is 0 Å². The lowest BCUT2D eigenvalue weighted by Gasteiger charge is -2.13. The summed E-state index contributed by atoms with van der Waals surface area (Å²) >= 11 is 1.43. The molecule has 2 rings (SSSR count). The van der Waals surface area contributed by atoms with Crippen LogP contribution in [0, 0.1) is 17.5 Å². The Morgan fingerprint density at radius 3 is 2.41 bits per heavy atom. The maximum Gasteiger partial charge on any atom is 0.194 e. The van der Waals surface area contributed by atoms with Gasteiger partial charge in [0.05, 0.1) is 17.2 Å². The second kappa shape index (κ2) is 4.75. The number of aromatic nitrogens is 1. The summed E-state index contributed by atoms with van der Waals surface area (Å²) in [6.07, 6.45) is 0. The lowest BCUT2D eigenvalue weighted by molar-refractivity contribution is 0.447. The summed E-state index contributed by atoms with van der Waals surface area (Å²) in [6, 6.07) is 1.63. The number of rotatable bonds is 3. The van der Waals surface area contributed by atoms with Gasteiger partial charge < -0.3 is 5.32 Å². The summed E-state index contributed by atoms with van der Waals surface area (Å²) < 4.78 is 38.7. The van der Waals surface area contributed by atoms with E-state index in [9.17, 15) is 13.2 Å². The molecular formula is C11H9F3N2S. The van der Waals surface area contributed by atoms with Crippen LogP contribution in [0.3, 0.4) is 0 Å². The lowest BCUT2D eigenvalue weighted by Crippen LogP contribution is -2.08. The summed E-state index contributed by atoms with van der Waals surface area (Å²) in [6.45, 7) is 1.80. The molecule has 17 heavy (non-hydrogen) atoms. The third kappa shape index (κ3) is 2.58. The van der Waals surface area contributed by atoms with Gasteiger partial charge in [-0.05, 0) is 6.92 Å². The molecule has 0 bridgehead atoms. The summed E-state index contributed by atoms with van der Waals surface area (Å²) in [7, 11) is 0. The van der Waals surface area contributed by atoms with Crippen LogP contribution in [-0.4, -0.2) is 4.98 Å². The van der Waals surface area contributed by atoms with Gasteiger partial charge in [-0.3, -0.25) is 0 Å². The van der Waals surface area contributed by atoms with Gasteiger partial charge in [-0.1, -0.05) is 0 Å². The summed E-state index contributed by atoms with van der Waals surface area (Å²) in [4.78, 5) is 4.07. The Balaban J connectivity index is 2.19. The van der Waals surface area contributed by atoms with Gasteiger partial charge in [0.2, 0.25) is 0 Å². The molecule has 0 radical (unpaired) electrons. The normalized spacial score (nSPS) is 12.5. The van der Waals surface area contributed by atoms with Gasteiger partial charge >= 0.3 is 0 Å². The predicted octanol–water partition coefficient (Wildman–Crippen LogP) is 3.73. The largest absolute Gasteiger partial charge is 0.377 e. The molecule has 0 saturated heterocycles. The first-order valence-corrected chi connectivity index (χ1v) is 5.81. The maximum absolute atomic E-state index is 13.0. The van der Waals surface area contributed by atoms with E-state index in [0.29, 0.717) is 0 Å². The quantitative estimate of drug-likeness (QED) is 0.848. The van der Waals surface area contributed by atoms with Crippen LogP contribution in [0.2, 0.25) is 0 Å². The van der Waals surface area contributed by atoms with Gasteiger partial charge in [0.25, 0.3) is 0 Å². The molecule has 0 aliphatic carbocycles. The van der Waals surface area contributed by atoms with E-state index in [0.717, 1.165) is 17.8 Å². The average molecular weight is 258 g/mol. The van der Waals surface area contributed by atoms with Gasteiger partial charge in [-0.15, -0.1) is 11.3 Å². The zero-order valence-corrected chi connectivity index (χ0v) is 9.69. The minimum Gasteiger partial charge on any atom is -0.377 e. The number of anilines is 1. The standard InChI is InChI=1S/C11H9F3N2S/c1-6(10-4-17-5-15-10)16-7-2-8(12)11(14)9(13)3-7/h2-6,16H,1H3. The average Bonchev–Trinajstić information content (AvgIpc) is 2.79. The molecule has 1 aromatic heterocycles. The number of nitrogens with zero attached hydrogens (tertiary/aromatic N) is 1. The van der Waals surface area contributed by atoms with E-state index in [-0.39, 0.29) is 11.7 Å². The van der Waals surface area contributed by atoms with Crippen molar-refractivity contribution in [2.24, 2.45) is 0 Å². The first-order valence-electron chi connectivity index (χ1n) is 4.87. The van der Waals surface area contributed by atoms with Crippen molar-refractivity contribution in [1.82, 2.24) is 4.98 Å². The molecule has 0 aliphatic heterocycles. The number of hydrogen-bond donors (Lipinski definition) is 1. The van der Waals surface area contributed by atoms with Crippen molar-refractivity contribution < 1.29 is 13.2 Å². The van der Waals surface area contributed by atoms with Crippen LogP contribution in [0.1, 0.15) is 18.7 Å². The molecule has 0 saturated carbocycles. The molecule has 1 unspecified atom stereocenters. The van der Waals surface area contributed by atoms with E-state index in [2.05, 4.69) is 10.3 Å². The second-order valence-corrected chi connectivity index (χ2v) is 4.25. The molecule has 1 heterocycles. The van der Waals surface area contributed by atoms with Crippen LogP contribution in [0.4, 0.5) is 18.9 Å². The summed E-state index contributed by atoms with van der Waals surface area (Å²) in [5, 5.41) is 4.68. The molecular weight excluding hydrogens is 249 g/mol. The fraction of sp³-hybridized carbons (Fsp3) is 0.182. The van der Waals surface area contributed by atoms with Crippen LogP contribution in [0.5, 0.6) is 0 Å². The smallest absolute Gasteiger partial charge is 0.194 e. The van der Waals surface area contributed by atoms with Crippen molar-refractivity contribution >= 4 is 17.0 Å². The number of thiazole rings is 1. The fourth-order valence-electron chi connectivity index (χ4n) is 1.40. The predicted molar refractivity (Wildman–Crippen MR) is 60.5 cm³/mol. The van der Waals surface area contributed by atoms with E-state index in [1.807, 2.05) is 5.38 Å². The first-order chi connectivity index (χ1) is 8.08. The molecule has 90 valence electrons. The van der Waals surface area contributed by atoms with Crippen LogP contribution in [-0.2, 0) is 0 Å². The van der Waals surface area contributed by atoms with Crippen molar-refractivity contribution in [3.63, 3.8) is 0 Å². The van der Waals surface area contributed by atoms with Crippen molar-refractivity contribution in [1.29, 1.82) is 0 Å². The van der Waals surface area contributed by atoms with Gasteiger partial charge in [-0.2, -0.15) is 0 Å². The van der Waals surface area contributed by atoms with Crippen LogP contribution < -0.4 is 5.32 Å². The molecule has 1 atom stereocenters. The van der Waals surface area contributed by atoms with E-state index in [1.54, 1.807) is 12.4 Å². The highest BCUT2D eigenvalue weighted by Crippen LogP contribution is 2.22. The molecule has 0 aliphatic rings. The Bertz CT molecular complexity index is 490. The monoisotopic (exact) mass is 258 g/mol. The van der Waals surface area contributed by atoms with Crippen LogP contribution >= 0.6 is 11.3 Å². The second-order valence-electron chi connectivity index (χ2n) is 3.53. The SMILES string of the molecule is CC(Nc1cc(F)c(F)c(F)c1)c1cscn1. The number of halogens is 3. The van der Waals surface area contributed by atoms with Gasteiger partial charge in [-0.25, -0.2) is 18.2 Å². The Morgan fingerprint density at radius 1 is 1.24 bits per heavy atom. The zero-order chi connectivity index (χ0) is 12.4. The van der Waals surface area contributed by atoms with E-state index >= 15 is 0 Å². The van der Waals surface area contributed by atoms with Gasteiger partial charge in [0.15, 0.2) is 17.5 Å². The van der Waals surface area contributed by atoms with Gasteiger partial charge in [0, 0.05) is 23.2 Å². The summed E-state index contributed by atoms with van der Waals surface area (Å²) in [5.41, 5.74) is 2.61.